The number of rotatable bonds is 0. The smallest absolute Gasteiger partial charge is 0.160 e. The SMILES string of the molecule is O=C1C(Br)CCCCCCCCCCCCC1Br. The van der Waals surface area contributed by atoms with E-state index in [0.29, 0.717) is 5.78 Å². The molecule has 1 saturated carbocycles. The Bertz CT molecular complexity index is 209. The molecule has 1 nitrogen and oxygen atoms in total. The molecule has 1 aliphatic carbocycles. The van der Waals surface area contributed by atoms with E-state index in [1.165, 1.54) is 64.2 Å². The molecule has 3 heteroatoms. The lowest BCUT2D eigenvalue weighted by molar-refractivity contribution is -0.118. The molecule has 2 atom stereocenters. The molecule has 0 bridgehead atoms. The Balaban J connectivity index is 2.35. The highest BCUT2D eigenvalue weighted by molar-refractivity contribution is 9.10. The molecule has 18 heavy (non-hydrogen) atoms. The van der Waals surface area contributed by atoms with Crippen molar-refractivity contribution in [3.8, 4) is 0 Å². The van der Waals surface area contributed by atoms with Crippen molar-refractivity contribution in [1.82, 2.24) is 0 Å². The van der Waals surface area contributed by atoms with Crippen LogP contribution in [0.1, 0.15) is 77.0 Å². The van der Waals surface area contributed by atoms with Crippen molar-refractivity contribution >= 4 is 37.6 Å². The van der Waals surface area contributed by atoms with Gasteiger partial charge in [-0.1, -0.05) is 96.1 Å². The lowest BCUT2D eigenvalue weighted by atomic mass is 10.0. The van der Waals surface area contributed by atoms with E-state index >= 15 is 0 Å². The van der Waals surface area contributed by atoms with E-state index in [1.54, 1.807) is 0 Å². The minimum atomic E-state index is 0.0620. The lowest BCUT2D eigenvalue weighted by Crippen LogP contribution is -2.24. The van der Waals surface area contributed by atoms with Crippen molar-refractivity contribution in [2.45, 2.75) is 86.7 Å². The minimum absolute atomic E-state index is 0.0620. The van der Waals surface area contributed by atoms with Gasteiger partial charge in [0.1, 0.15) is 0 Å². The maximum atomic E-state index is 12.1. The van der Waals surface area contributed by atoms with E-state index in [-0.39, 0.29) is 9.65 Å². The van der Waals surface area contributed by atoms with E-state index in [1.807, 2.05) is 0 Å². The van der Waals surface area contributed by atoms with Gasteiger partial charge in [0.25, 0.3) is 0 Å². The molecule has 1 rings (SSSR count). The van der Waals surface area contributed by atoms with Crippen LogP contribution >= 0.6 is 31.9 Å². The summed E-state index contributed by atoms with van der Waals surface area (Å²) in [5.74, 6) is 0.352. The monoisotopic (exact) mass is 380 g/mol. The number of Topliss-reactive ketones (excluding diaryl/α,β-unsaturated/α-hetero) is 1. The zero-order valence-corrected chi connectivity index (χ0v) is 14.5. The number of ketones is 1. The predicted molar refractivity (Wildman–Crippen MR) is 85.8 cm³/mol. The van der Waals surface area contributed by atoms with Crippen LogP contribution in [0.25, 0.3) is 0 Å². The first kappa shape index (κ1) is 16.7. The van der Waals surface area contributed by atoms with Crippen LogP contribution in [0.15, 0.2) is 0 Å². The molecule has 106 valence electrons. The van der Waals surface area contributed by atoms with Gasteiger partial charge in [-0.2, -0.15) is 0 Å². The van der Waals surface area contributed by atoms with E-state index in [0.717, 1.165) is 12.8 Å². The Kier molecular flexibility index (Phi) is 9.66. The van der Waals surface area contributed by atoms with Crippen molar-refractivity contribution in [1.29, 1.82) is 0 Å². The quantitative estimate of drug-likeness (QED) is 0.486. The lowest BCUT2D eigenvalue weighted by Gasteiger charge is -2.13. The number of halogens is 2. The summed E-state index contributed by atoms with van der Waals surface area (Å²) in [4.78, 5) is 12.2. The third-order valence-electron chi connectivity index (χ3n) is 3.78. The molecule has 0 amide bonds. The van der Waals surface area contributed by atoms with Gasteiger partial charge in [-0.25, -0.2) is 0 Å². The average molecular weight is 382 g/mol. The summed E-state index contributed by atoms with van der Waals surface area (Å²) in [5, 5.41) is 0. The molecule has 0 spiro atoms. The fourth-order valence-corrected chi connectivity index (χ4v) is 4.18. The van der Waals surface area contributed by atoms with Crippen LogP contribution in [0.2, 0.25) is 0 Å². The Morgan fingerprint density at radius 2 is 0.889 bits per heavy atom. The van der Waals surface area contributed by atoms with Gasteiger partial charge in [0, 0.05) is 0 Å². The Labute approximate surface area is 129 Å². The summed E-state index contributed by atoms with van der Waals surface area (Å²) < 4.78 is 0. The molecule has 0 radical (unpaired) electrons. The zero-order valence-electron chi connectivity index (χ0n) is 11.3. The van der Waals surface area contributed by atoms with Gasteiger partial charge in [0.15, 0.2) is 5.78 Å². The highest BCUT2D eigenvalue weighted by Crippen LogP contribution is 2.22. The zero-order chi connectivity index (χ0) is 13.2. The Morgan fingerprint density at radius 1 is 0.611 bits per heavy atom. The van der Waals surface area contributed by atoms with Crippen LogP contribution in [-0.4, -0.2) is 15.4 Å². The molecular formula is C15H26Br2O. The summed E-state index contributed by atoms with van der Waals surface area (Å²) in [5.41, 5.74) is 0. The highest BCUT2D eigenvalue weighted by atomic mass is 79.9. The summed E-state index contributed by atoms with van der Waals surface area (Å²) in [6.07, 6.45) is 15.2. The standard InChI is InChI=1S/C15H26Br2O/c16-13-11-9-7-5-3-1-2-4-6-8-10-12-14(17)15(13)18/h13-14H,1-12H2. The fraction of sp³-hybridized carbons (Fsp3) is 0.933. The molecule has 0 aromatic heterocycles. The topological polar surface area (TPSA) is 17.1 Å². The van der Waals surface area contributed by atoms with E-state index in [4.69, 9.17) is 0 Å². The van der Waals surface area contributed by atoms with Gasteiger partial charge < -0.3 is 0 Å². The van der Waals surface area contributed by atoms with E-state index in [2.05, 4.69) is 31.9 Å². The van der Waals surface area contributed by atoms with Gasteiger partial charge in [-0.3, -0.25) is 4.79 Å². The van der Waals surface area contributed by atoms with Crippen LogP contribution in [0, 0.1) is 0 Å². The van der Waals surface area contributed by atoms with Crippen molar-refractivity contribution in [3.63, 3.8) is 0 Å². The molecule has 1 fully saturated rings. The van der Waals surface area contributed by atoms with Gasteiger partial charge in [-0.15, -0.1) is 0 Å². The predicted octanol–water partition coefficient (Wildman–Crippen LogP) is 5.78. The normalized spacial score (nSPS) is 30.4. The molecule has 0 saturated heterocycles. The molecular weight excluding hydrogens is 356 g/mol. The van der Waals surface area contributed by atoms with Gasteiger partial charge in [0.05, 0.1) is 9.65 Å². The number of hydrogen-bond acceptors (Lipinski definition) is 1. The van der Waals surface area contributed by atoms with Gasteiger partial charge in [0.2, 0.25) is 0 Å². The molecule has 0 heterocycles. The molecule has 2 unspecified atom stereocenters. The number of hydrogen-bond donors (Lipinski definition) is 0. The molecule has 0 aromatic carbocycles. The van der Waals surface area contributed by atoms with E-state index in [9.17, 15) is 4.79 Å². The first-order valence-corrected chi connectivity index (χ1v) is 9.37. The number of alkyl halides is 2. The first-order chi connectivity index (χ1) is 8.72. The Hall–Kier alpha value is 0.630. The van der Waals surface area contributed by atoms with Crippen molar-refractivity contribution in [2.24, 2.45) is 0 Å². The molecule has 0 N–H and O–H groups in total. The summed E-state index contributed by atoms with van der Waals surface area (Å²) in [7, 11) is 0. The summed E-state index contributed by atoms with van der Waals surface area (Å²) in [6, 6.07) is 0. The van der Waals surface area contributed by atoms with Crippen LogP contribution < -0.4 is 0 Å². The van der Waals surface area contributed by atoms with Crippen LogP contribution in [0.4, 0.5) is 0 Å². The van der Waals surface area contributed by atoms with Gasteiger partial charge >= 0.3 is 0 Å². The van der Waals surface area contributed by atoms with Crippen molar-refractivity contribution < 1.29 is 4.79 Å². The molecule has 0 aromatic rings. The second kappa shape index (κ2) is 10.4. The van der Waals surface area contributed by atoms with Crippen molar-refractivity contribution in [2.75, 3.05) is 0 Å². The van der Waals surface area contributed by atoms with Crippen LogP contribution in [0.5, 0.6) is 0 Å². The van der Waals surface area contributed by atoms with Crippen LogP contribution in [0.3, 0.4) is 0 Å². The average Bonchev–Trinajstić information content (AvgIpc) is 2.38. The minimum Gasteiger partial charge on any atom is -0.297 e. The fourth-order valence-electron chi connectivity index (χ4n) is 2.54. The maximum Gasteiger partial charge on any atom is 0.160 e. The van der Waals surface area contributed by atoms with E-state index < -0.39 is 0 Å². The second-order valence-corrected chi connectivity index (χ2v) is 7.66. The third-order valence-corrected chi connectivity index (χ3v) is 5.60. The summed E-state index contributed by atoms with van der Waals surface area (Å²) in [6.45, 7) is 0. The molecule has 1 aliphatic rings. The number of carbonyl (C=O) groups is 1. The largest absolute Gasteiger partial charge is 0.297 e. The third kappa shape index (κ3) is 7.28. The highest BCUT2D eigenvalue weighted by Gasteiger charge is 2.21. The van der Waals surface area contributed by atoms with Crippen LogP contribution in [-0.2, 0) is 4.79 Å². The summed E-state index contributed by atoms with van der Waals surface area (Å²) >= 11 is 7.11. The maximum absolute atomic E-state index is 12.1. The Morgan fingerprint density at radius 3 is 1.22 bits per heavy atom. The van der Waals surface area contributed by atoms with Gasteiger partial charge in [-0.05, 0) is 12.8 Å². The number of carbonyl (C=O) groups excluding carboxylic acids is 1. The second-order valence-electron chi connectivity index (χ2n) is 5.45. The molecule has 0 aliphatic heterocycles. The van der Waals surface area contributed by atoms with Crippen molar-refractivity contribution in [3.05, 3.63) is 0 Å². The first-order valence-electron chi connectivity index (χ1n) is 7.53.